The number of benzene rings is 2. The van der Waals surface area contributed by atoms with E-state index in [-0.39, 0.29) is 17.9 Å². The summed E-state index contributed by atoms with van der Waals surface area (Å²) in [6.07, 6.45) is 3.64. The van der Waals surface area contributed by atoms with Gasteiger partial charge in [-0.1, -0.05) is 36.4 Å². The Morgan fingerprint density at radius 2 is 1.83 bits per heavy atom. The van der Waals surface area contributed by atoms with Crippen molar-refractivity contribution in [3.05, 3.63) is 65.7 Å². The Morgan fingerprint density at radius 1 is 1.03 bits per heavy atom. The van der Waals surface area contributed by atoms with Gasteiger partial charge >= 0.3 is 0 Å². The lowest BCUT2D eigenvalue weighted by Gasteiger charge is -2.28. The number of anilines is 1. The van der Waals surface area contributed by atoms with Gasteiger partial charge in [-0.25, -0.2) is 0 Å². The fraction of sp³-hybridized carbons (Fsp3) is 0.417. The van der Waals surface area contributed by atoms with E-state index in [0.717, 1.165) is 25.9 Å². The van der Waals surface area contributed by atoms with Crippen LogP contribution >= 0.6 is 0 Å². The number of carbonyl (C=O) groups excluding carboxylic acids is 2. The third kappa shape index (κ3) is 5.07. The predicted molar refractivity (Wildman–Crippen MR) is 116 cm³/mol. The molecule has 2 aromatic carbocycles. The number of rotatable bonds is 7. The topological polar surface area (TPSA) is 70.7 Å². The highest BCUT2D eigenvalue weighted by atomic mass is 16.5. The monoisotopic (exact) mass is 407 g/mol. The molecule has 158 valence electrons. The summed E-state index contributed by atoms with van der Waals surface area (Å²) in [6.45, 7) is 3.29. The van der Waals surface area contributed by atoms with Crippen LogP contribution in [0.2, 0.25) is 0 Å². The van der Waals surface area contributed by atoms with Crippen LogP contribution in [0.1, 0.15) is 47.6 Å². The normalized spacial score (nSPS) is 20.1. The molecule has 2 heterocycles. The van der Waals surface area contributed by atoms with Crippen LogP contribution < -0.4 is 10.6 Å². The lowest BCUT2D eigenvalue weighted by atomic mass is 10.1. The number of nitrogens with one attached hydrogen (secondary N) is 2. The van der Waals surface area contributed by atoms with E-state index < -0.39 is 6.10 Å². The first-order valence-electron chi connectivity index (χ1n) is 10.8. The molecule has 2 aliphatic rings. The van der Waals surface area contributed by atoms with Crippen LogP contribution in [-0.4, -0.2) is 49.1 Å². The van der Waals surface area contributed by atoms with Gasteiger partial charge in [-0.05, 0) is 62.5 Å². The van der Waals surface area contributed by atoms with Gasteiger partial charge in [0.25, 0.3) is 11.8 Å². The zero-order valence-corrected chi connectivity index (χ0v) is 17.2. The van der Waals surface area contributed by atoms with Crippen LogP contribution in [0, 0.1) is 0 Å². The van der Waals surface area contributed by atoms with Gasteiger partial charge < -0.3 is 15.4 Å². The summed E-state index contributed by atoms with van der Waals surface area (Å²) < 4.78 is 5.42. The van der Waals surface area contributed by atoms with Crippen LogP contribution in [-0.2, 0) is 9.53 Å². The largest absolute Gasteiger partial charge is 0.368 e. The van der Waals surface area contributed by atoms with Gasteiger partial charge in [-0.2, -0.15) is 0 Å². The molecule has 0 spiro atoms. The highest BCUT2D eigenvalue weighted by molar-refractivity contribution is 5.98. The second-order valence-corrected chi connectivity index (χ2v) is 7.95. The molecule has 0 bridgehead atoms. The van der Waals surface area contributed by atoms with Crippen molar-refractivity contribution in [3.63, 3.8) is 0 Å². The molecule has 2 fully saturated rings. The zero-order valence-electron chi connectivity index (χ0n) is 17.2. The highest BCUT2D eigenvalue weighted by Crippen LogP contribution is 2.24. The Morgan fingerprint density at radius 3 is 2.57 bits per heavy atom. The van der Waals surface area contributed by atoms with Crippen molar-refractivity contribution in [1.29, 1.82) is 0 Å². The summed E-state index contributed by atoms with van der Waals surface area (Å²) >= 11 is 0. The summed E-state index contributed by atoms with van der Waals surface area (Å²) in [5.41, 5.74) is 2.37. The Balaban J connectivity index is 1.39. The molecule has 2 aliphatic heterocycles. The second kappa shape index (κ2) is 9.87. The van der Waals surface area contributed by atoms with Gasteiger partial charge in [0.2, 0.25) is 0 Å². The van der Waals surface area contributed by atoms with Gasteiger partial charge in [-0.3, -0.25) is 14.5 Å². The van der Waals surface area contributed by atoms with Gasteiger partial charge in [0.1, 0.15) is 6.10 Å². The number of nitrogens with zero attached hydrogens (tertiary/aromatic N) is 1. The second-order valence-electron chi connectivity index (χ2n) is 7.95. The van der Waals surface area contributed by atoms with E-state index >= 15 is 0 Å². The Bertz CT molecular complexity index is 859. The van der Waals surface area contributed by atoms with Gasteiger partial charge in [-0.15, -0.1) is 0 Å². The number of amides is 2. The van der Waals surface area contributed by atoms with Crippen LogP contribution in [0.4, 0.5) is 5.69 Å². The molecule has 0 saturated carbocycles. The molecule has 2 aromatic rings. The number of hydrogen-bond acceptors (Lipinski definition) is 4. The van der Waals surface area contributed by atoms with Crippen LogP contribution in [0.3, 0.4) is 0 Å². The summed E-state index contributed by atoms with van der Waals surface area (Å²) in [5, 5.41) is 5.95. The Labute approximate surface area is 177 Å². The van der Waals surface area contributed by atoms with E-state index in [0.29, 0.717) is 24.4 Å². The van der Waals surface area contributed by atoms with Gasteiger partial charge in [0, 0.05) is 24.4 Å². The third-order valence-electron chi connectivity index (χ3n) is 5.84. The maximum atomic E-state index is 12.8. The molecule has 2 unspecified atom stereocenters. The van der Waals surface area contributed by atoms with Crippen molar-refractivity contribution in [2.45, 2.75) is 37.8 Å². The first-order chi connectivity index (χ1) is 14.7. The maximum Gasteiger partial charge on any atom is 0.253 e. The lowest BCUT2D eigenvalue weighted by Crippen LogP contribution is -2.36. The fourth-order valence-corrected chi connectivity index (χ4v) is 4.22. The molecule has 0 aromatic heterocycles. The minimum atomic E-state index is -0.394. The summed E-state index contributed by atoms with van der Waals surface area (Å²) in [6, 6.07) is 17.6. The van der Waals surface area contributed by atoms with Crippen molar-refractivity contribution in [3.8, 4) is 0 Å². The maximum absolute atomic E-state index is 12.8. The minimum absolute atomic E-state index is 0.136. The minimum Gasteiger partial charge on any atom is -0.368 e. The molecule has 2 saturated heterocycles. The standard InChI is InChI=1S/C24H29N3O3/c28-23(19-10-6-11-20(16-19)26-24(29)22-12-7-15-30-22)25-17-21(27-13-4-5-14-27)18-8-2-1-3-9-18/h1-3,6,8-11,16,21-22H,4-5,7,12-15,17H2,(H,25,28)(H,26,29). The van der Waals surface area contributed by atoms with E-state index in [1.54, 1.807) is 24.3 Å². The number of hydrogen-bond donors (Lipinski definition) is 2. The van der Waals surface area contributed by atoms with Crippen LogP contribution in [0.25, 0.3) is 0 Å². The SMILES string of the molecule is O=C(NCC(c1ccccc1)N1CCCC1)c1cccc(NC(=O)C2CCCO2)c1. The predicted octanol–water partition coefficient (Wildman–Crippen LogP) is 3.37. The van der Waals surface area contributed by atoms with Crippen molar-refractivity contribution >= 4 is 17.5 Å². The third-order valence-corrected chi connectivity index (χ3v) is 5.84. The molecule has 6 heteroatoms. The summed E-state index contributed by atoms with van der Waals surface area (Å²) in [5.74, 6) is -0.286. The van der Waals surface area contributed by atoms with Gasteiger partial charge in [0.15, 0.2) is 0 Å². The number of carbonyl (C=O) groups is 2. The van der Waals surface area contributed by atoms with E-state index in [9.17, 15) is 9.59 Å². The van der Waals surface area contributed by atoms with Crippen LogP contribution in [0.5, 0.6) is 0 Å². The highest BCUT2D eigenvalue weighted by Gasteiger charge is 2.25. The molecule has 0 radical (unpaired) electrons. The summed E-state index contributed by atoms with van der Waals surface area (Å²) in [4.78, 5) is 27.5. The van der Waals surface area contributed by atoms with Crippen molar-refractivity contribution in [1.82, 2.24) is 10.2 Å². The lowest BCUT2D eigenvalue weighted by molar-refractivity contribution is -0.124. The number of ether oxygens (including phenoxy) is 1. The van der Waals surface area contributed by atoms with Crippen LogP contribution in [0.15, 0.2) is 54.6 Å². The molecule has 4 rings (SSSR count). The number of likely N-dealkylation sites (tertiary alicyclic amines) is 1. The Hall–Kier alpha value is -2.70. The van der Waals surface area contributed by atoms with E-state index in [1.807, 2.05) is 18.2 Å². The van der Waals surface area contributed by atoms with E-state index in [1.165, 1.54) is 18.4 Å². The molecule has 6 nitrogen and oxygen atoms in total. The molecule has 2 N–H and O–H groups in total. The van der Waals surface area contributed by atoms with Crippen molar-refractivity contribution in [2.75, 3.05) is 31.6 Å². The average molecular weight is 408 g/mol. The molecule has 0 aliphatic carbocycles. The fourth-order valence-electron chi connectivity index (χ4n) is 4.22. The molecular formula is C24H29N3O3. The summed E-state index contributed by atoms with van der Waals surface area (Å²) in [7, 11) is 0. The first-order valence-corrected chi connectivity index (χ1v) is 10.8. The van der Waals surface area contributed by atoms with E-state index in [4.69, 9.17) is 4.74 Å². The molecule has 2 amide bonds. The van der Waals surface area contributed by atoms with Crippen molar-refractivity contribution in [2.24, 2.45) is 0 Å². The smallest absolute Gasteiger partial charge is 0.253 e. The Kier molecular flexibility index (Phi) is 6.77. The van der Waals surface area contributed by atoms with Crippen molar-refractivity contribution < 1.29 is 14.3 Å². The molecular weight excluding hydrogens is 378 g/mol. The molecule has 2 atom stereocenters. The quantitative estimate of drug-likeness (QED) is 0.738. The van der Waals surface area contributed by atoms with Gasteiger partial charge in [0.05, 0.1) is 6.04 Å². The zero-order chi connectivity index (χ0) is 20.8. The van der Waals surface area contributed by atoms with E-state index in [2.05, 4.69) is 27.7 Å². The first kappa shape index (κ1) is 20.6. The molecule has 30 heavy (non-hydrogen) atoms. The average Bonchev–Trinajstić information content (AvgIpc) is 3.49.